The first-order chi connectivity index (χ1) is 9.58. The minimum atomic E-state index is -0.622. The van der Waals surface area contributed by atoms with Crippen LogP contribution in [0.4, 0.5) is 0 Å². The van der Waals surface area contributed by atoms with E-state index in [4.69, 9.17) is 4.74 Å². The Morgan fingerprint density at radius 1 is 1.40 bits per heavy atom. The Morgan fingerprint density at radius 3 is 2.75 bits per heavy atom. The van der Waals surface area contributed by atoms with Crippen LogP contribution >= 0.6 is 15.9 Å². The van der Waals surface area contributed by atoms with Gasteiger partial charge in [-0.15, -0.1) is 0 Å². The predicted molar refractivity (Wildman–Crippen MR) is 80.7 cm³/mol. The Morgan fingerprint density at radius 2 is 2.10 bits per heavy atom. The number of ether oxygens (including phenoxy) is 1. The molecule has 0 radical (unpaired) electrons. The van der Waals surface area contributed by atoms with Gasteiger partial charge in [0.2, 0.25) is 0 Å². The molecular formula is C15H20BrNO3. The van der Waals surface area contributed by atoms with Crippen molar-refractivity contribution in [2.75, 3.05) is 19.7 Å². The van der Waals surface area contributed by atoms with Gasteiger partial charge in [0, 0.05) is 23.1 Å². The van der Waals surface area contributed by atoms with E-state index in [-0.39, 0.29) is 12.5 Å². The fourth-order valence-electron chi connectivity index (χ4n) is 2.35. The third kappa shape index (κ3) is 3.96. The molecule has 20 heavy (non-hydrogen) atoms. The third-order valence-electron chi connectivity index (χ3n) is 3.49. The second-order valence-corrected chi connectivity index (χ2v) is 6.00. The summed E-state index contributed by atoms with van der Waals surface area (Å²) in [6, 6.07) is 5.43. The van der Waals surface area contributed by atoms with Crippen LogP contribution in [0, 0.1) is 0 Å². The molecule has 4 nitrogen and oxygen atoms in total. The number of benzene rings is 1. The molecule has 0 aromatic heterocycles. The molecule has 1 amide bonds. The number of likely N-dealkylation sites (tertiary alicyclic amines) is 1. The zero-order valence-electron chi connectivity index (χ0n) is 11.6. The zero-order chi connectivity index (χ0) is 14.5. The van der Waals surface area contributed by atoms with Gasteiger partial charge in [0.25, 0.3) is 5.91 Å². The molecule has 0 saturated carbocycles. The van der Waals surface area contributed by atoms with Crippen LogP contribution in [-0.2, 0) is 4.79 Å². The minimum absolute atomic E-state index is 0.0150. The van der Waals surface area contributed by atoms with Crippen LogP contribution in [0.1, 0.15) is 37.9 Å². The number of aliphatic hydroxyl groups excluding tert-OH is 1. The van der Waals surface area contributed by atoms with Gasteiger partial charge in [-0.1, -0.05) is 22.0 Å². The molecule has 1 aromatic rings. The third-order valence-corrected chi connectivity index (χ3v) is 3.98. The average Bonchev–Trinajstić information content (AvgIpc) is 2.45. The topological polar surface area (TPSA) is 49.8 Å². The molecule has 1 saturated heterocycles. The van der Waals surface area contributed by atoms with Crippen molar-refractivity contribution in [2.24, 2.45) is 0 Å². The SMILES string of the molecule is CC(O)c1ccc(Br)cc1OCC(=O)N1CCCCC1. The molecular weight excluding hydrogens is 322 g/mol. The highest BCUT2D eigenvalue weighted by atomic mass is 79.9. The predicted octanol–water partition coefficient (Wildman–Crippen LogP) is 2.89. The van der Waals surface area contributed by atoms with Gasteiger partial charge >= 0.3 is 0 Å². The molecule has 1 aromatic carbocycles. The fraction of sp³-hybridized carbons (Fsp3) is 0.533. The molecule has 1 heterocycles. The van der Waals surface area contributed by atoms with Crippen LogP contribution in [0.2, 0.25) is 0 Å². The van der Waals surface area contributed by atoms with Crippen LogP contribution in [0.25, 0.3) is 0 Å². The zero-order valence-corrected chi connectivity index (χ0v) is 13.2. The van der Waals surface area contributed by atoms with Crippen molar-refractivity contribution >= 4 is 21.8 Å². The summed E-state index contributed by atoms with van der Waals surface area (Å²) in [5, 5.41) is 9.72. The number of amides is 1. The first-order valence-electron chi connectivity index (χ1n) is 6.96. The van der Waals surface area contributed by atoms with E-state index in [0.717, 1.165) is 30.4 Å². The van der Waals surface area contributed by atoms with Crippen molar-refractivity contribution in [1.29, 1.82) is 0 Å². The Balaban J connectivity index is 1.99. The molecule has 1 fully saturated rings. The number of carbonyl (C=O) groups is 1. The largest absolute Gasteiger partial charge is 0.483 e. The van der Waals surface area contributed by atoms with Gasteiger partial charge in [-0.25, -0.2) is 0 Å². The lowest BCUT2D eigenvalue weighted by molar-refractivity contribution is -0.134. The average molecular weight is 342 g/mol. The maximum atomic E-state index is 12.1. The lowest BCUT2D eigenvalue weighted by Gasteiger charge is -2.26. The first-order valence-corrected chi connectivity index (χ1v) is 7.75. The normalized spacial score (nSPS) is 16.9. The second kappa shape index (κ2) is 7.09. The van der Waals surface area contributed by atoms with E-state index in [1.165, 1.54) is 6.42 Å². The molecule has 5 heteroatoms. The van der Waals surface area contributed by atoms with Crippen LogP contribution in [0.15, 0.2) is 22.7 Å². The van der Waals surface area contributed by atoms with Crippen molar-refractivity contribution in [3.8, 4) is 5.75 Å². The quantitative estimate of drug-likeness (QED) is 0.915. The van der Waals surface area contributed by atoms with Crippen molar-refractivity contribution in [2.45, 2.75) is 32.3 Å². The van der Waals surface area contributed by atoms with E-state index >= 15 is 0 Å². The Kier molecular flexibility index (Phi) is 5.43. The van der Waals surface area contributed by atoms with Crippen molar-refractivity contribution in [1.82, 2.24) is 4.90 Å². The summed E-state index contributed by atoms with van der Waals surface area (Å²) in [5.74, 6) is 0.570. The first kappa shape index (κ1) is 15.3. The molecule has 0 bridgehead atoms. The van der Waals surface area contributed by atoms with E-state index in [1.807, 2.05) is 11.0 Å². The number of carbonyl (C=O) groups excluding carboxylic acids is 1. The number of piperidine rings is 1. The van der Waals surface area contributed by atoms with Crippen molar-refractivity contribution in [3.05, 3.63) is 28.2 Å². The highest BCUT2D eigenvalue weighted by molar-refractivity contribution is 9.10. The number of rotatable bonds is 4. The molecule has 2 rings (SSSR count). The van der Waals surface area contributed by atoms with Crippen molar-refractivity contribution in [3.63, 3.8) is 0 Å². The molecule has 1 unspecified atom stereocenters. The molecule has 1 aliphatic heterocycles. The summed E-state index contributed by atoms with van der Waals surface area (Å²) in [5.41, 5.74) is 0.694. The number of hydrogen-bond donors (Lipinski definition) is 1. The Labute approximate surface area is 127 Å². The molecule has 110 valence electrons. The van der Waals surface area contributed by atoms with E-state index < -0.39 is 6.10 Å². The smallest absolute Gasteiger partial charge is 0.260 e. The van der Waals surface area contributed by atoms with Gasteiger partial charge < -0.3 is 14.7 Å². The van der Waals surface area contributed by atoms with E-state index in [2.05, 4.69) is 15.9 Å². The molecule has 1 aliphatic rings. The summed E-state index contributed by atoms with van der Waals surface area (Å²) < 4.78 is 6.48. The standard InChI is InChI=1S/C15H20BrNO3/c1-11(18)13-6-5-12(16)9-14(13)20-10-15(19)17-7-3-2-4-8-17/h5-6,9,11,18H,2-4,7-8,10H2,1H3. The van der Waals surface area contributed by atoms with Gasteiger partial charge in [-0.3, -0.25) is 4.79 Å². The minimum Gasteiger partial charge on any atom is -0.483 e. The second-order valence-electron chi connectivity index (χ2n) is 5.09. The molecule has 1 atom stereocenters. The highest BCUT2D eigenvalue weighted by Crippen LogP contribution is 2.28. The maximum absolute atomic E-state index is 12.1. The summed E-state index contributed by atoms with van der Waals surface area (Å²) in [6.07, 6.45) is 2.72. The van der Waals surface area contributed by atoms with Gasteiger partial charge in [0.05, 0.1) is 6.10 Å². The Hall–Kier alpha value is -1.07. The van der Waals surface area contributed by atoms with Gasteiger partial charge in [0.15, 0.2) is 6.61 Å². The van der Waals surface area contributed by atoms with E-state index in [9.17, 15) is 9.90 Å². The van der Waals surface area contributed by atoms with Crippen LogP contribution < -0.4 is 4.74 Å². The molecule has 1 N–H and O–H groups in total. The molecule has 0 spiro atoms. The maximum Gasteiger partial charge on any atom is 0.260 e. The monoisotopic (exact) mass is 341 g/mol. The summed E-state index contributed by atoms with van der Waals surface area (Å²) in [6.45, 7) is 3.35. The van der Waals surface area contributed by atoms with E-state index in [1.54, 1.807) is 19.1 Å². The van der Waals surface area contributed by atoms with Crippen LogP contribution in [-0.4, -0.2) is 35.6 Å². The van der Waals surface area contributed by atoms with Crippen molar-refractivity contribution < 1.29 is 14.6 Å². The fourth-order valence-corrected chi connectivity index (χ4v) is 2.69. The number of halogens is 1. The van der Waals surface area contributed by atoms with Gasteiger partial charge in [0.1, 0.15) is 5.75 Å². The summed E-state index contributed by atoms with van der Waals surface area (Å²) in [4.78, 5) is 13.9. The summed E-state index contributed by atoms with van der Waals surface area (Å²) >= 11 is 3.37. The number of nitrogens with zero attached hydrogens (tertiary/aromatic N) is 1. The molecule has 0 aliphatic carbocycles. The van der Waals surface area contributed by atoms with Crippen LogP contribution in [0.5, 0.6) is 5.75 Å². The van der Waals surface area contributed by atoms with Gasteiger partial charge in [-0.05, 0) is 38.3 Å². The summed E-state index contributed by atoms with van der Waals surface area (Å²) in [7, 11) is 0. The van der Waals surface area contributed by atoms with Crippen LogP contribution in [0.3, 0.4) is 0 Å². The number of hydrogen-bond acceptors (Lipinski definition) is 3. The van der Waals surface area contributed by atoms with E-state index in [0.29, 0.717) is 11.3 Å². The number of aliphatic hydroxyl groups is 1. The lowest BCUT2D eigenvalue weighted by atomic mass is 10.1. The van der Waals surface area contributed by atoms with Gasteiger partial charge in [-0.2, -0.15) is 0 Å². The lowest BCUT2D eigenvalue weighted by Crippen LogP contribution is -2.38. The Bertz CT molecular complexity index is 470. The highest BCUT2D eigenvalue weighted by Gasteiger charge is 2.18.